The van der Waals surface area contributed by atoms with Gasteiger partial charge in [-0.05, 0) is 37.8 Å². The Bertz CT molecular complexity index is 375. The molecular formula is C16H25FN2. The highest BCUT2D eigenvalue weighted by Gasteiger charge is 2.19. The van der Waals surface area contributed by atoms with Gasteiger partial charge in [-0.2, -0.15) is 0 Å². The molecule has 1 heterocycles. The summed E-state index contributed by atoms with van der Waals surface area (Å²) in [7, 11) is 0. The van der Waals surface area contributed by atoms with Crippen molar-refractivity contribution in [3.63, 3.8) is 0 Å². The first kappa shape index (κ1) is 14.4. The highest BCUT2D eigenvalue weighted by molar-refractivity contribution is 5.17. The molecular weight excluding hydrogens is 239 g/mol. The summed E-state index contributed by atoms with van der Waals surface area (Å²) in [5, 5.41) is 3.48. The van der Waals surface area contributed by atoms with E-state index >= 15 is 0 Å². The first-order chi connectivity index (χ1) is 9.31. The van der Waals surface area contributed by atoms with Crippen molar-refractivity contribution in [2.45, 2.75) is 57.9 Å². The molecule has 1 atom stereocenters. The maximum Gasteiger partial charge on any atom is 0.146 e. The van der Waals surface area contributed by atoms with Crippen molar-refractivity contribution in [2.75, 3.05) is 6.54 Å². The minimum absolute atomic E-state index is 0.142. The van der Waals surface area contributed by atoms with Crippen LogP contribution in [0.25, 0.3) is 0 Å². The Hall–Kier alpha value is -0.960. The number of nitrogens with one attached hydrogen (secondary N) is 1. The summed E-state index contributed by atoms with van der Waals surface area (Å²) in [4.78, 5) is 3.84. The predicted octanol–water partition coefficient (Wildman–Crippen LogP) is 4.23. The third-order valence-electron chi connectivity index (χ3n) is 4.16. The maximum atomic E-state index is 13.9. The minimum atomic E-state index is -0.178. The number of nitrogens with zero attached hydrogens (tertiary/aromatic N) is 1. The lowest BCUT2D eigenvalue weighted by molar-refractivity contribution is 0.402. The second-order valence-electron chi connectivity index (χ2n) is 5.63. The van der Waals surface area contributed by atoms with Crippen LogP contribution >= 0.6 is 0 Å². The molecule has 0 spiro atoms. The Labute approximate surface area is 115 Å². The molecule has 3 heteroatoms. The summed E-state index contributed by atoms with van der Waals surface area (Å²) < 4.78 is 13.9. The van der Waals surface area contributed by atoms with E-state index < -0.39 is 0 Å². The molecule has 0 bridgehead atoms. The van der Waals surface area contributed by atoms with Crippen LogP contribution in [0.1, 0.15) is 63.5 Å². The van der Waals surface area contributed by atoms with Gasteiger partial charge in [0.1, 0.15) is 5.82 Å². The Balaban J connectivity index is 1.96. The van der Waals surface area contributed by atoms with Gasteiger partial charge in [0.2, 0.25) is 0 Å². The summed E-state index contributed by atoms with van der Waals surface area (Å²) in [5.74, 6) is 0.679. The highest BCUT2D eigenvalue weighted by atomic mass is 19.1. The molecule has 1 aromatic heterocycles. The van der Waals surface area contributed by atoms with Gasteiger partial charge in [-0.1, -0.05) is 32.6 Å². The van der Waals surface area contributed by atoms with Gasteiger partial charge in [0, 0.05) is 17.8 Å². The Morgan fingerprint density at radius 3 is 2.89 bits per heavy atom. The molecule has 2 nitrogen and oxygen atoms in total. The largest absolute Gasteiger partial charge is 0.310 e. The summed E-state index contributed by atoms with van der Waals surface area (Å²) in [6, 6.07) is 1.96. The van der Waals surface area contributed by atoms with E-state index in [1.54, 1.807) is 6.20 Å². The molecule has 19 heavy (non-hydrogen) atoms. The molecule has 1 aliphatic rings. The lowest BCUT2D eigenvalue weighted by Gasteiger charge is -2.21. The Kier molecular flexibility index (Phi) is 5.77. The van der Waals surface area contributed by atoms with Gasteiger partial charge in [-0.25, -0.2) is 4.39 Å². The number of hydrogen-bond acceptors (Lipinski definition) is 2. The van der Waals surface area contributed by atoms with Gasteiger partial charge in [-0.3, -0.25) is 4.98 Å². The van der Waals surface area contributed by atoms with Gasteiger partial charge in [0.25, 0.3) is 0 Å². The van der Waals surface area contributed by atoms with E-state index in [-0.39, 0.29) is 11.9 Å². The molecule has 0 aromatic carbocycles. The van der Waals surface area contributed by atoms with Crippen LogP contribution in [-0.4, -0.2) is 11.5 Å². The Morgan fingerprint density at radius 1 is 1.42 bits per heavy atom. The van der Waals surface area contributed by atoms with E-state index in [4.69, 9.17) is 0 Å². The molecule has 1 aliphatic carbocycles. The van der Waals surface area contributed by atoms with Crippen LogP contribution in [0, 0.1) is 11.7 Å². The third-order valence-corrected chi connectivity index (χ3v) is 4.16. The second kappa shape index (κ2) is 7.59. The quantitative estimate of drug-likeness (QED) is 0.797. The van der Waals surface area contributed by atoms with E-state index in [1.807, 2.05) is 6.07 Å². The third kappa shape index (κ3) is 4.27. The van der Waals surface area contributed by atoms with Gasteiger partial charge >= 0.3 is 0 Å². The summed E-state index contributed by atoms with van der Waals surface area (Å²) in [5.41, 5.74) is 0.779. The van der Waals surface area contributed by atoms with Crippen LogP contribution in [0.3, 0.4) is 0 Å². The summed E-state index contributed by atoms with van der Waals surface area (Å²) in [6.07, 6.45) is 11.8. The van der Waals surface area contributed by atoms with Crippen molar-refractivity contribution in [1.29, 1.82) is 0 Å². The molecule has 106 valence electrons. The molecule has 0 saturated heterocycles. The number of hydrogen-bond donors (Lipinski definition) is 1. The first-order valence-electron chi connectivity index (χ1n) is 7.64. The topological polar surface area (TPSA) is 24.9 Å². The van der Waals surface area contributed by atoms with Gasteiger partial charge < -0.3 is 5.32 Å². The maximum absolute atomic E-state index is 13.9. The van der Waals surface area contributed by atoms with Crippen LogP contribution in [0.4, 0.5) is 4.39 Å². The molecule has 0 amide bonds. The fourth-order valence-corrected chi connectivity index (χ4v) is 3.06. The minimum Gasteiger partial charge on any atom is -0.310 e. The molecule has 0 aliphatic heterocycles. The SMILES string of the molecule is CCCNC(CCC1CCCC1)c1ccncc1F. The van der Waals surface area contributed by atoms with Gasteiger partial charge in [0.15, 0.2) is 0 Å². The molecule has 1 N–H and O–H groups in total. The molecule has 1 fully saturated rings. The average molecular weight is 264 g/mol. The van der Waals surface area contributed by atoms with Gasteiger partial charge in [0.05, 0.1) is 6.20 Å². The number of halogens is 1. The van der Waals surface area contributed by atoms with E-state index in [9.17, 15) is 4.39 Å². The van der Waals surface area contributed by atoms with Gasteiger partial charge in [-0.15, -0.1) is 0 Å². The molecule has 1 saturated carbocycles. The van der Waals surface area contributed by atoms with Crippen LogP contribution < -0.4 is 5.32 Å². The molecule has 2 rings (SSSR count). The normalized spacial score (nSPS) is 17.8. The summed E-state index contributed by atoms with van der Waals surface area (Å²) >= 11 is 0. The van der Waals surface area contributed by atoms with Crippen molar-refractivity contribution in [1.82, 2.24) is 10.3 Å². The van der Waals surface area contributed by atoms with E-state index in [0.29, 0.717) is 0 Å². The van der Waals surface area contributed by atoms with Crippen LogP contribution in [0.15, 0.2) is 18.5 Å². The smallest absolute Gasteiger partial charge is 0.146 e. The zero-order chi connectivity index (χ0) is 13.5. The van der Waals surface area contributed by atoms with Crippen LogP contribution in [0.5, 0.6) is 0 Å². The lowest BCUT2D eigenvalue weighted by atomic mass is 9.95. The number of pyridine rings is 1. The molecule has 0 radical (unpaired) electrons. The monoisotopic (exact) mass is 264 g/mol. The fourth-order valence-electron chi connectivity index (χ4n) is 3.06. The summed E-state index contributed by atoms with van der Waals surface area (Å²) in [6.45, 7) is 3.08. The van der Waals surface area contributed by atoms with Crippen molar-refractivity contribution in [3.8, 4) is 0 Å². The van der Waals surface area contributed by atoms with Crippen LogP contribution in [0.2, 0.25) is 0 Å². The Morgan fingerprint density at radius 2 is 2.21 bits per heavy atom. The van der Waals surface area contributed by atoms with Crippen molar-refractivity contribution in [2.24, 2.45) is 5.92 Å². The van der Waals surface area contributed by atoms with E-state index in [1.165, 1.54) is 38.3 Å². The van der Waals surface area contributed by atoms with Crippen LogP contribution in [-0.2, 0) is 0 Å². The number of aromatic nitrogens is 1. The highest BCUT2D eigenvalue weighted by Crippen LogP contribution is 2.31. The molecule has 1 unspecified atom stereocenters. The van der Waals surface area contributed by atoms with Crippen molar-refractivity contribution >= 4 is 0 Å². The average Bonchev–Trinajstić information content (AvgIpc) is 2.93. The fraction of sp³-hybridized carbons (Fsp3) is 0.688. The first-order valence-corrected chi connectivity index (χ1v) is 7.64. The van der Waals surface area contributed by atoms with Crippen molar-refractivity contribution in [3.05, 3.63) is 29.8 Å². The molecule has 1 aromatic rings. The van der Waals surface area contributed by atoms with E-state index in [0.717, 1.165) is 30.9 Å². The van der Waals surface area contributed by atoms with E-state index in [2.05, 4.69) is 17.2 Å². The lowest BCUT2D eigenvalue weighted by Crippen LogP contribution is -2.23. The second-order valence-corrected chi connectivity index (χ2v) is 5.63. The standard InChI is InChI=1S/C16H25FN2/c1-2-10-19-16(8-7-13-5-3-4-6-13)14-9-11-18-12-15(14)17/h9,11-13,16,19H,2-8,10H2,1H3. The number of rotatable bonds is 7. The zero-order valence-electron chi connectivity index (χ0n) is 11.9. The van der Waals surface area contributed by atoms with Crippen molar-refractivity contribution < 1.29 is 4.39 Å². The zero-order valence-corrected chi connectivity index (χ0v) is 11.9. The predicted molar refractivity (Wildman–Crippen MR) is 76.4 cm³/mol.